The van der Waals surface area contributed by atoms with Crippen molar-refractivity contribution in [1.82, 2.24) is 0 Å². The molecule has 0 atom stereocenters. The van der Waals surface area contributed by atoms with Crippen molar-refractivity contribution >= 4 is 0 Å². The largest absolute Gasteiger partial charge is 0.356 e. The molecule has 0 aliphatic heterocycles. The van der Waals surface area contributed by atoms with Crippen molar-refractivity contribution in [3.8, 4) is 0 Å². The summed E-state index contributed by atoms with van der Waals surface area (Å²) in [6.07, 6.45) is 7.28. The minimum Gasteiger partial charge on any atom is -0.356 e. The molecule has 0 bridgehead atoms. The van der Waals surface area contributed by atoms with Gasteiger partial charge in [-0.1, -0.05) is 6.42 Å². The molecule has 1 fully saturated rings. The van der Waals surface area contributed by atoms with E-state index in [9.17, 15) is 0 Å². The van der Waals surface area contributed by atoms with Crippen LogP contribution in [0.1, 0.15) is 32.1 Å². The molecule has 1 saturated carbocycles. The Bertz CT molecular complexity index is 167. The summed E-state index contributed by atoms with van der Waals surface area (Å²) in [5.74, 6) is 0. The lowest BCUT2D eigenvalue weighted by Gasteiger charge is -2.36. The highest BCUT2D eigenvalue weighted by atomic mass is 16.9. The zero-order chi connectivity index (χ0) is 11.2. The van der Waals surface area contributed by atoms with E-state index in [2.05, 4.69) is 21.1 Å². The van der Waals surface area contributed by atoms with E-state index in [1.807, 2.05) is 0 Å². The number of quaternary nitrogens is 1. The molecular weight excluding hydrogens is 184 g/mol. The monoisotopic (exact) mass is 204 g/mol. The van der Waals surface area contributed by atoms with Gasteiger partial charge < -0.3 is 19.8 Å². The third-order valence-electron chi connectivity index (χ3n) is 2.67. The second-order valence-corrected chi connectivity index (χ2v) is 4.63. The molecule has 5 nitrogen and oxygen atoms in total. The molecule has 1 aliphatic rings. The maximum Gasteiger partial charge on any atom is 0.0884 e. The predicted molar refractivity (Wildman–Crippen MR) is 55.3 cm³/mol. The average molecular weight is 204 g/mol. The van der Waals surface area contributed by atoms with Crippen molar-refractivity contribution in [2.75, 3.05) is 21.1 Å². The second-order valence-electron chi connectivity index (χ2n) is 4.63. The lowest BCUT2D eigenvalue weighted by Crippen LogP contribution is -2.45. The molecule has 0 heterocycles. The van der Waals surface area contributed by atoms with E-state index >= 15 is 0 Å². The van der Waals surface area contributed by atoms with Crippen LogP contribution in [0.5, 0.6) is 0 Å². The fourth-order valence-corrected chi connectivity index (χ4v) is 1.86. The summed E-state index contributed by atoms with van der Waals surface area (Å²) in [5.41, 5.74) is 0. The van der Waals surface area contributed by atoms with Crippen LogP contribution in [0, 0.1) is 15.3 Å². The summed E-state index contributed by atoms with van der Waals surface area (Å²) in [7, 11) is 6.95. The van der Waals surface area contributed by atoms with Gasteiger partial charge in [0.15, 0.2) is 0 Å². The number of hydrogen-bond donors (Lipinski definition) is 0. The van der Waals surface area contributed by atoms with Crippen molar-refractivity contribution in [2.45, 2.75) is 38.1 Å². The molecule has 0 aromatic heterocycles. The van der Waals surface area contributed by atoms with E-state index in [1.54, 1.807) is 0 Å². The van der Waals surface area contributed by atoms with Gasteiger partial charge >= 0.3 is 0 Å². The van der Waals surface area contributed by atoms with Crippen LogP contribution in [0.4, 0.5) is 0 Å². The Hall–Kier alpha value is -0.840. The molecule has 0 spiro atoms. The third-order valence-corrected chi connectivity index (χ3v) is 2.67. The Labute approximate surface area is 85.0 Å². The number of nitrogens with zero attached hydrogens (tertiary/aromatic N) is 2. The summed E-state index contributed by atoms with van der Waals surface area (Å²) in [4.78, 5) is 8.25. The molecule has 84 valence electrons. The molecule has 0 amide bonds. The highest BCUT2D eigenvalue weighted by molar-refractivity contribution is 4.64. The molecule has 1 rings (SSSR count). The zero-order valence-electron chi connectivity index (χ0n) is 9.23. The Balaban J connectivity index is 0.000000364. The fourth-order valence-electron chi connectivity index (χ4n) is 1.86. The smallest absolute Gasteiger partial charge is 0.0884 e. The molecule has 0 N–H and O–H groups in total. The average Bonchev–Trinajstić information content (AvgIpc) is 2.03. The molecule has 0 radical (unpaired) electrons. The van der Waals surface area contributed by atoms with Gasteiger partial charge in [0.05, 0.1) is 32.3 Å². The van der Waals surface area contributed by atoms with Gasteiger partial charge in [0.2, 0.25) is 0 Å². The first-order valence-electron chi connectivity index (χ1n) is 4.96. The molecule has 0 saturated heterocycles. The van der Waals surface area contributed by atoms with E-state index in [0.29, 0.717) is 0 Å². The molecule has 0 unspecified atom stereocenters. The maximum absolute atomic E-state index is 8.25. The van der Waals surface area contributed by atoms with Crippen molar-refractivity contribution < 1.29 is 9.57 Å². The summed E-state index contributed by atoms with van der Waals surface area (Å²) in [6.45, 7) is 0. The van der Waals surface area contributed by atoms with Crippen LogP contribution in [0.2, 0.25) is 0 Å². The third kappa shape index (κ3) is 6.65. The maximum atomic E-state index is 8.25. The normalized spacial score (nSPS) is 18.2. The lowest BCUT2D eigenvalue weighted by atomic mass is 9.94. The van der Waals surface area contributed by atoms with Gasteiger partial charge in [0.1, 0.15) is 0 Å². The molecule has 14 heavy (non-hydrogen) atoms. The molecular formula is C9H20N2O3. The fraction of sp³-hybridized carbons (Fsp3) is 1.00. The van der Waals surface area contributed by atoms with Crippen LogP contribution >= 0.6 is 0 Å². The lowest BCUT2D eigenvalue weighted by molar-refractivity contribution is -0.897. The van der Waals surface area contributed by atoms with Crippen LogP contribution in [0.25, 0.3) is 0 Å². The highest BCUT2D eigenvalue weighted by Crippen LogP contribution is 2.23. The van der Waals surface area contributed by atoms with E-state index < -0.39 is 5.09 Å². The van der Waals surface area contributed by atoms with Crippen LogP contribution in [-0.4, -0.2) is 36.8 Å². The summed E-state index contributed by atoms with van der Waals surface area (Å²) in [5, 5.41) is 14.8. The number of hydrogen-bond acceptors (Lipinski definition) is 3. The van der Waals surface area contributed by atoms with Crippen LogP contribution in [-0.2, 0) is 0 Å². The van der Waals surface area contributed by atoms with Gasteiger partial charge in [-0.05, 0) is 25.7 Å². The van der Waals surface area contributed by atoms with Gasteiger partial charge in [-0.2, -0.15) is 0 Å². The predicted octanol–water partition coefficient (Wildman–Crippen LogP) is 1.79. The quantitative estimate of drug-likeness (QED) is 0.371. The standard InChI is InChI=1S/C9H20N.NO3/c1-10(2,3)9-7-5-4-6-8-9;2-1(3)4/h9H,4-8H2,1-3H3;/q+1;-1. The van der Waals surface area contributed by atoms with Gasteiger partial charge in [-0.25, -0.2) is 0 Å². The van der Waals surface area contributed by atoms with Gasteiger partial charge in [0, 0.05) is 0 Å². The van der Waals surface area contributed by atoms with Gasteiger partial charge in [-0.15, -0.1) is 0 Å². The Morgan fingerprint density at radius 2 is 1.43 bits per heavy atom. The number of rotatable bonds is 1. The Kier molecular flexibility index (Phi) is 5.45. The molecule has 0 aromatic carbocycles. The van der Waals surface area contributed by atoms with Crippen LogP contribution in [0.15, 0.2) is 0 Å². The zero-order valence-corrected chi connectivity index (χ0v) is 9.23. The second kappa shape index (κ2) is 5.80. The van der Waals surface area contributed by atoms with E-state index in [1.165, 1.54) is 36.6 Å². The Morgan fingerprint density at radius 1 is 1.07 bits per heavy atom. The van der Waals surface area contributed by atoms with Crippen molar-refractivity contribution in [3.05, 3.63) is 15.3 Å². The highest BCUT2D eigenvalue weighted by Gasteiger charge is 2.24. The minimum absolute atomic E-state index is 0.939. The van der Waals surface area contributed by atoms with Crippen molar-refractivity contribution in [2.24, 2.45) is 0 Å². The minimum atomic E-state index is -1.75. The van der Waals surface area contributed by atoms with Gasteiger partial charge in [0.25, 0.3) is 0 Å². The molecule has 5 heteroatoms. The summed E-state index contributed by atoms with van der Waals surface area (Å²) in [6, 6.07) is 0.939. The van der Waals surface area contributed by atoms with Crippen LogP contribution in [0.3, 0.4) is 0 Å². The summed E-state index contributed by atoms with van der Waals surface area (Å²) < 4.78 is 1.17. The summed E-state index contributed by atoms with van der Waals surface area (Å²) >= 11 is 0. The van der Waals surface area contributed by atoms with Crippen molar-refractivity contribution in [3.63, 3.8) is 0 Å². The van der Waals surface area contributed by atoms with Crippen molar-refractivity contribution in [1.29, 1.82) is 0 Å². The topological polar surface area (TPSA) is 66.2 Å². The first kappa shape index (κ1) is 13.2. The molecule has 0 aromatic rings. The van der Waals surface area contributed by atoms with Crippen LogP contribution < -0.4 is 0 Å². The molecule has 1 aliphatic carbocycles. The van der Waals surface area contributed by atoms with E-state index in [4.69, 9.17) is 15.3 Å². The first-order valence-corrected chi connectivity index (χ1v) is 4.96. The Morgan fingerprint density at radius 3 is 1.64 bits per heavy atom. The van der Waals surface area contributed by atoms with Gasteiger partial charge in [-0.3, -0.25) is 0 Å². The first-order chi connectivity index (χ1) is 6.34. The van der Waals surface area contributed by atoms with E-state index in [-0.39, 0.29) is 0 Å². The van der Waals surface area contributed by atoms with E-state index in [0.717, 1.165) is 6.04 Å². The SMILES string of the molecule is C[N+](C)(C)C1CCCCC1.O=[N+]([O-])[O-].